The SMILES string of the molecule is NC(N)=Nc1nc(-c2ccc(N3CCN(c4cc(C(=O)O)cc(C(=O)O)c4)CC3)cc2)c2cc(Cl)ccc2n1. The van der Waals surface area contributed by atoms with Crippen LogP contribution >= 0.6 is 11.6 Å². The van der Waals surface area contributed by atoms with Crippen LogP contribution in [0.2, 0.25) is 5.02 Å². The number of carboxylic acid groups (broad SMARTS) is 2. The lowest BCUT2D eigenvalue weighted by molar-refractivity contribution is 0.0696. The van der Waals surface area contributed by atoms with E-state index in [2.05, 4.69) is 19.9 Å². The van der Waals surface area contributed by atoms with Gasteiger partial charge in [-0.3, -0.25) is 0 Å². The minimum absolute atomic E-state index is 0.0514. The highest BCUT2D eigenvalue weighted by atomic mass is 35.5. The third-order valence-corrected chi connectivity index (χ3v) is 6.67. The zero-order chi connectivity index (χ0) is 27.7. The van der Waals surface area contributed by atoms with Gasteiger partial charge in [0.1, 0.15) is 0 Å². The Morgan fingerprint density at radius 3 is 1.95 bits per heavy atom. The van der Waals surface area contributed by atoms with Gasteiger partial charge in [0.25, 0.3) is 5.95 Å². The van der Waals surface area contributed by atoms with Crippen molar-refractivity contribution < 1.29 is 19.8 Å². The molecule has 3 aromatic carbocycles. The number of piperazine rings is 1. The Morgan fingerprint density at radius 1 is 0.795 bits per heavy atom. The summed E-state index contributed by atoms with van der Waals surface area (Å²) in [4.78, 5) is 40.1. The number of benzene rings is 3. The number of hydrogen-bond donors (Lipinski definition) is 4. The van der Waals surface area contributed by atoms with E-state index < -0.39 is 11.9 Å². The average molecular weight is 546 g/mol. The van der Waals surface area contributed by atoms with Crippen molar-refractivity contribution in [3.05, 3.63) is 76.8 Å². The molecule has 0 radical (unpaired) electrons. The summed E-state index contributed by atoms with van der Waals surface area (Å²) in [5.41, 5.74) is 14.7. The van der Waals surface area contributed by atoms with Crippen LogP contribution in [0.3, 0.4) is 0 Å². The quantitative estimate of drug-likeness (QED) is 0.207. The molecule has 1 aromatic heterocycles. The summed E-state index contributed by atoms with van der Waals surface area (Å²) < 4.78 is 0. The highest BCUT2D eigenvalue weighted by molar-refractivity contribution is 6.31. The van der Waals surface area contributed by atoms with Gasteiger partial charge in [0.15, 0.2) is 5.96 Å². The second-order valence-corrected chi connectivity index (χ2v) is 9.41. The van der Waals surface area contributed by atoms with E-state index in [9.17, 15) is 19.8 Å². The van der Waals surface area contributed by atoms with E-state index in [0.29, 0.717) is 48.1 Å². The van der Waals surface area contributed by atoms with E-state index in [1.165, 1.54) is 18.2 Å². The first kappa shape index (κ1) is 25.7. The largest absolute Gasteiger partial charge is 0.478 e. The van der Waals surface area contributed by atoms with Crippen LogP contribution in [0.4, 0.5) is 17.3 Å². The molecule has 198 valence electrons. The van der Waals surface area contributed by atoms with Crippen LogP contribution in [0, 0.1) is 0 Å². The summed E-state index contributed by atoms with van der Waals surface area (Å²) in [5, 5.41) is 20.1. The number of rotatable bonds is 6. The average Bonchev–Trinajstić information content (AvgIpc) is 2.92. The fourth-order valence-electron chi connectivity index (χ4n) is 4.57. The molecule has 12 heteroatoms. The van der Waals surface area contributed by atoms with E-state index in [1.54, 1.807) is 18.2 Å². The first-order valence-electron chi connectivity index (χ1n) is 12.0. The standard InChI is InChI=1S/C27H24ClN7O4/c28-18-3-6-22-21(14-18)23(32-27(31-22)33-26(29)30)15-1-4-19(5-2-15)34-7-9-35(10-8-34)20-12-16(24(36)37)11-17(13-20)25(38)39/h1-6,11-14H,7-10H2,(H,36,37)(H,38,39)(H4,29,30,31,32,33). The molecule has 1 saturated heterocycles. The second-order valence-electron chi connectivity index (χ2n) is 8.97. The summed E-state index contributed by atoms with van der Waals surface area (Å²) >= 11 is 6.24. The van der Waals surface area contributed by atoms with E-state index in [4.69, 9.17) is 23.1 Å². The number of aromatic nitrogens is 2. The Morgan fingerprint density at radius 2 is 1.38 bits per heavy atom. The van der Waals surface area contributed by atoms with E-state index in [0.717, 1.165) is 16.6 Å². The number of hydrogen-bond acceptors (Lipinski definition) is 7. The minimum atomic E-state index is -1.16. The first-order chi connectivity index (χ1) is 18.7. The monoisotopic (exact) mass is 545 g/mol. The van der Waals surface area contributed by atoms with Gasteiger partial charge in [0, 0.05) is 53.5 Å². The lowest BCUT2D eigenvalue weighted by atomic mass is 10.1. The summed E-state index contributed by atoms with van der Waals surface area (Å²) in [6.07, 6.45) is 0. The number of aliphatic imine (C=N–C) groups is 1. The molecule has 4 aromatic rings. The predicted molar refractivity (Wildman–Crippen MR) is 150 cm³/mol. The molecule has 2 heterocycles. The fourth-order valence-corrected chi connectivity index (χ4v) is 4.74. The van der Waals surface area contributed by atoms with Crippen molar-refractivity contribution in [2.45, 2.75) is 0 Å². The van der Waals surface area contributed by atoms with Gasteiger partial charge in [0.2, 0.25) is 0 Å². The zero-order valence-corrected chi connectivity index (χ0v) is 21.3. The molecular formula is C27H24ClN7O4. The normalized spacial score (nSPS) is 13.4. The molecular weight excluding hydrogens is 522 g/mol. The number of anilines is 2. The van der Waals surface area contributed by atoms with Crippen LogP contribution in [0.15, 0.2) is 65.7 Å². The minimum Gasteiger partial charge on any atom is -0.478 e. The van der Waals surface area contributed by atoms with Gasteiger partial charge in [-0.15, -0.1) is 0 Å². The smallest absolute Gasteiger partial charge is 0.335 e. The van der Waals surface area contributed by atoms with Gasteiger partial charge in [-0.05, 0) is 48.5 Å². The van der Waals surface area contributed by atoms with Crippen LogP contribution in [-0.2, 0) is 0 Å². The number of aromatic carboxylic acids is 2. The van der Waals surface area contributed by atoms with Crippen molar-refractivity contribution in [1.29, 1.82) is 0 Å². The third-order valence-electron chi connectivity index (χ3n) is 6.44. The zero-order valence-electron chi connectivity index (χ0n) is 20.6. The number of halogens is 1. The molecule has 0 unspecified atom stereocenters. The number of nitrogens with zero attached hydrogens (tertiary/aromatic N) is 5. The lowest BCUT2D eigenvalue weighted by Crippen LogP contribution is -2.46. The molecule has 0 aliphatic carbocycles. The summed E-state index contributed by atoms with van der Waals surface area (Å²) in [6.45, 7) is 2.53. The highest BCUT2D eigenvalue weighted by Crippen LogP contribution is 2.32. The number of carboxylic acids is 2. The molecule has 6 N–H and O–H groups in total. The van der Waals surface area contributed by atoms with Gasteiger partial charge in [-0.2, -0.15) is 4.99 Å². The van der Waals surface area contributed by atoms with Crippen molar-refractivity contribution in [3.63, 3.8) is 0 Å². The maximum Gasteiger partial charge on any atom is 0.335 e. The Balaban J connectivity index is 1.37. The summed E-state index contributed by atoms with van der Waals surface area (Å²) in [7, 11) is 0. The molecule has 0 bridgehead atoms. The second kappa shape index (κ2) is 10.5. The Labute approximate surface area is 228 Å². The van der Waals surface area contributed by atoms with Crippen LogP contribution in [0.25, 0.3) is 22.2 Å². The van der Waals surface area contributed by atoms with Crippen LogP contribution in [-0.4, -0.2) is 64.3 Å². The summed E-state index contributed by atoms with van der Waals surface area (Å²) in [5.74, 6) is -2.32. The highest BCUT2D eigenvalue weighted by Gasteiger charge is 2.21. The molecule has 1 aliphatic rings. The molecule has 0 saturated carbocycles. The molecule has 5 rings (SSSR count). The van der Waals surface area contributed by atoms with Gasteiger partial charge < -0.3 is 31.5 Å². The fraction of sp³-hybridized carbons (Fsp3) is 0.148. The van der Waals surface area contributed by atoms with E-state index >= 15 is 0 Å². The number of carbonyl (C=O) groups is 2. The summed E-state index contributed by atoms with van der Waals surface area (Å²) in [6, 6.07) is 17.4. The van der Waals surface area contributed by atoms with E-state index in [1.807, 2.05) is 29.2 Å². The molecule has 0 spiro atoms. The number of guanidine groups is 1. The van der Waals surface area contributed by atoms with Crippen molar-refractivity contribution in [2.24, 2.45) is 16.5 Å². The maximum atomic E-state index is 11.5. The molecule has 39 heavy (non-hydrogen) atoms. The van der Waals surface area contributed by atoms with Crippen molar-refractivity contribution in [1.82, 2.24) is 9.97 Å². The molecule has 1 aliphatic heterocycles. The van der Waals surface area contributed by atoms with E-state index in [-0.39, 0.29) is 23.0 Å². The van der Waals surface area contributed by atoms with Gasteiger partial charge in [0.05, 0.1) is 22.3 Å². The van der Waals surface area contributed by atoms with Crippen molar-refractivity contribution in [3.8, 4) is 11.3 Å². The molecule has 1 fully saturated rings. The molecule has 0 amide bonds. The first-order valence-corrected chi connectivity index (χ1v) is 12.3. The lowest BCUT2D eigenvalue weighted by Gasteiger charge is -2.37. The molecule has 11 nitrogen and oxygen atoms in total. The topological polar surface area (TPSA) is 171 Å². The Kier molecular flexibility index (Phi) is 6.90. The van der Waals surface area contributed by atoms with Gasteiger partial charge >= 0.3 is 11.9 Å². The number of nitrogens with two attached hydrogens (primary N) is 2. The third kappa shape index (κ3) is 5.53. The Hall–Kier alpha value is -4.90. The van der Waals surface area contributed by atoms with Crippen molar-refractivity contribution >= 4 is 57.7 Å². The van der Waals surface area contributed by atoms with Crippen LogP contribution in [0.5, 0.6) is 0 Å². The van der Waals surface area contributed by atoms with Crippen LogP contribution < -0.4 is 21.3 Å². The van der Waals surface area contributed by atoms with Crippen molar-refractivity contribution in [2.75, 3.05) is 36.0 Å². The predicted octanol–water partition coefficient (Wildman–Crippen LogP) is 3.58. The van der Waals surface area contributed by atoms with Crippen LogP contribution in [0.1, 0.15) is 20.7 Å². The maximum absolute atomic E-state index is 11.5. The molecule has 0 atom stereocenters. The van der Waals surface area contributed by atoms with Gasteiger partial charge in [-0.1, -0.05) is 23.7 Å². The Bertz CT molecular complexity index is 1580. The number of fused-ring (bicyclic) bond motifs is 1. The van der Waals surface area contributed by atoms with Gasteiger partial charge in [-0.25, -0.2) is 19.6 Å².